The van der Waals surface area contributed by atoms with Gasteiger partial charge in [0.25, 0.3) is 0 Å². The first-order valence-electron chi connectivity index (χ1n) is 7.65. The average molecular weight is 305 g/mol. The maximum absolute atomic E-state index is 9.32. The Morgan fingerprint density at radius 2 is 1.35 bits per heavy atom. The van der Waals surface area contributed by atoms with E-state index in [1.54, 1.807) is 6.20 Å². The van der Waals surface area contributed by atoms with Crippen molar-refractivity contribution in [3.63, 3.8) is 0 Å². The molecule has 3 rings (SSSR count). The van der Waals surface area contributed by atoms with Gasteiger partial charge in [0.1, 0.15) is 0 Å². The zero-order valence-electron chi connectivity index (χ0n) is 12.8. The summed E-state index contributed by atoms with van der Waals surface area (Å²) in [6.45, 7) is 0.175. The summed E-state index contributed by atoms with van der Waals surface area (Å²) in [4.78, 5) is 4.55. The molecular weight excluding hydrogens is 286 g/mol. The summed E-state index contributed by atoms with van der Waals surface area (Å²) < 4.78 is 6.22. The van der Waals surface area contributed by atoms with Gasteiger partial charge in [-0.15, -0.1) is 0 Å². The van der Waals surface area contributed by atoms with E-state index < -0.39 is 5.60 Å². The van der Waals surface area contributed by atoms with E-state index in [9.17, 15) is 5.11 Å². The lowest BCUT2D eigenvalue weighted by molar-refractivity contribution is -0.00905. The van der Waals surface area contributed by atoms with Gasteiger partial charge < -0.3 is 9.84 Å². The van der Waals surface area contributed by atoms with Crippen molar-refractivity contribution in [1.29, 1.82) is 0 Å². The molecule has 0 unspecified atom stereocenters. The lowest BCUT2D eigenvalue weighted by atomic mass is 9.83. The summed E-state index contributed by atoms with van der Waals surface area (Å²) in [5.41, 5.74) is 1.93. The van der Waals surface area contributed by atoms with Crippen LogP contribution in [0.2, 0.25) is 0 Å². The third kappa shape index (κ3) is 3.02. The van der Waals surface area contributed by atoms with E-state index >= 15 is 0 Å². The highest BCUT2D eigenvalue weighted by atomic mass is 16.5. The topological polar surface area (TPSA) is 42.4 Å². The number of pyridine rings is 1. The van der Waals surface area contributed by atoms with Crippen molar-refractivity contribution in [2.75, 3.05) is 13.2 Å². The summed E-state index contributed by atoms with van der Waals surface area (Å²) in [7, 11) is 0. The van der Waals surface area contributed by atoms with Gasteiger partial charge in [0, 0.05) is 6.20 Å². The molecule has 0 saturated heterocycles. The lowest BCUT2D eigenvalue weighted by Gasteiger charge is -2.34. The molecule has 1 N–H and O–H groups in total. The molecule has 0 bridgehead atoms. The molecule has 0 amide bonds. The van der Waals surface area contributed by atoms with Crippen molar-refractivity contribution >= 4 is 0 Å². The molecule has 0 radical (unpaired) electrons. The SMILES string of the molecule is OCCOC(c1ccccc1)(c1ccccc1)c1ccccn1. The summed E-state index contributed by atoms with van der Waals surface area (Å²) in [5, 5.41) is 9.32. The molecule has 0 aliphatic heterocycles. The third-order valence-electron chi connectivity index (χ3n) is 3.80. The normalized spacial score (nSPS) is 11.3. The van der Waals surface area contributed by atoms with Crippen molar-refractivity contribution in [1.82, 2.24) is 4.98 Å². The summed E-state index contributed by atoms with van der Waals surface area (Å²) in [6.07, 6.45) is 1.76. The van der Waals surface area contributed by atoms with Crippen LogP contribution < -0.4 is 0 Å². The minimum atomic E-state index is -0.841. The number of aliphatic hydroxyl groups excluding tert-OH is 1. The van der Waals surface area contributed by atoms with Gasteiger partial charge in [-0.1, -0.05) is 66.7 Å². The van der Waals surface area contributed by atoms with E-state index in [1.165, 1.54) is 0 Å². The van der Waals surface area contributed by atoms with Gasteiger partial charge in [0.2, 0.25) is 0 Å². The van der Waals surface area contributed by atoms with Crippen molar-refractivity contribution < 1.29 is 9.84 Å². The van der Waals surface area contributed by atoms with Gasteiger partial charge in [-0.3, -0.25) is 4.98 Å². The van der Waals surface area contributed by atoms with E-state index in [1.807, 2.05) is 78.9 Å². The Kier molecular flexibility index (Phi) is 4.81. The average Bonchev–Trinajstić information content (AvgIpc) is 2.65. The van der Waals surface area contributed by atoms with Crippen LogP contribution >= 0.6 is 0 Å². The van der Waals surface area contributed by atoms with Crippen molar-refractivity contribution in [2.45, 2.75) is 5.60 Å². The maximum Gasteiger partial charge on any atom is 0.160 e. The smallest absolute Gasteiger partial charge is 0.160 e. The molecule has 0 spiro atoms. The van der Waals surface area contributed by atoms with Crippen LogP contribution in [0.3, 0.4) is 0 Å². The predicted octanol–water partition coefficient (Wildman–Crippen LogP) is 3.38. The lowest BCUT2D eigenvalue weighted by Crippen LogP contribution is -2.34. The van der Waals surface area contributed by atoms with Gasteiger partial charge in [-0.25, -0.2) is 0 Å². The Hall–Kier alpha value is -2.49. The summed E-state index contributed by atoms with van der Waals surface area (Å²) in [6, 6.07) is 25.8. The molecule has 0 aliphatic rings. The highest BCUT2D eigenvalue weighted by molar-refractivity contribution is 5.44. The van der Waals surface area contributed by atoms with Crippen LogP contribution in [0.4, 0.5) is 0 Å². The first-order valence-corrected chi connectivity index (χ1v) is 7.65. The van der Waals surface area contributed by atoms with Crippen LogP contribution in [-0.4, -0.2) is 23.3 Å². The monoisotopic (exact) mass is 305 g/mol. The van der Waals surface area contributed by atoms with Crippen LogP contribution in [0.25, 0.3) is 0 Å². The fraction of sp³-hybridized carbons (Fsp3) is 0.150. The fourth-order valence-corrected chi connectivity index (χ4v) is 2.82. The van der Waals surface area contributed by atoms with Gasteiger partial charge in [-0.2, -0.15) is 0 Å². The number of ether oxygens (including phenoxy) is 1. The van der Waals surface area contributed by atoms with E-state index in [0.717, 1.165) is 16.8 Å². The molecule has 0 saturated carbocycles. The second-order valence-electron chi connectivity index (χ2n) is 5.20. The van der Waals surface area contributed by atoms with Crippen molar-refractivity contribution in [3.8, 4) is 0 Å². The molecule has 3 heteroatoms. The van der Waals surface area contributed by atoms with E-state index in [4.69, 9.17) is 4.74 Å². The fourth-order valence-electron chi connectivity index (χ4n) is 2.82. The number of hydrogen-bond acceptors (Lipinski definition) is 3. The number of aromatic nitrogens is 1. The quantitative estimate of drug-likeness (QED) is 0.759. The summed E-state index contributed by atoms with van der Waals surface area (Å²) in [5.74, 6) is 0. The standard InChI is InChI=1S/C20H19NO2/c22-15-16-23-20(17-9-3-1-4-10-17,18-11-5-2-6-12-18)19-13-7-8-14-21-19/h1-14,22H,15-16H2. The van der Waals surface area contributed by atoms with E-state index in [0.29, 0.717) is 0 Å². The van der Waals surface area contributed by atoms with Crippen molar-refractivity contribution in [3.05, 3.63) is 102 Å². The number of aliphatic hydroxyl groups is 1. The predicted molar refractivity (Wildman–Crippen MR) is 90.0 cm³/mol. The second-order valence-corrected chi connectivity index (χ2v) is 5.20. The Morgan fingerprint density at radius 3 is 1.83 bits per heavy atom. The zero-order chi connectivity index (χ0) is 16.0. The number of benzene rings is 2. The van der Waals surface area contributed by atoms with Crippen LogP contribution in [0.5, 0.6) is 0 Å². The minimum Gasteiger partial charge on any atom is -0.394 e. The van der Waals surface area contributed by atoms with E-state index in [2.05, 4.69) is 4.98 Å². The molecule has 0 atom stereocenters. The molecule has 1 aromatic heterocycles. The van der Waals surface area contributed by atoms with Crippen molar-refractivity contribution in [2.24, 2.45) is 0 Å². The van der Waals surface area contributed by atoms with Crippen LogP contribution in [-0.2, 0) is 10.3 Å². The molecule has 3 aromatic rings. The Balaban J connectivity index is 2.25. The van der Waals surface area contributed by atoms with Crippen LogP contribution in [0.15, 0.2) is 85.1 Å². The molecule has 2 aromatic carbocycles. The molecular formula is C20H19NO2. The van der Waals surface area contributed by atoms with Crippen LogP contribution in [0, 0.1) is 0 Å². The van der Waals surface area contributed by atoms with Gasteiger partial charge in [-0.05, 0) is 23.3 Å². The zero-order valence-corrected chi connectivity index (χ0v) is 12.8. The number of hydrogen-bond donors (Lipinski definition) is 1. The summed E-state index contributed by atoms with van der Waals surface area (Å²) >= 11 is 0. The molecule has 3 nitrogen and oxygen atoms in total. The maximum atomic E-state index is 9.32. The van der Waals surface area contributed by atoms with E-state index in [-0.39, 0.29) is 13.2 Å². The van der Waals surface area contributed by atoms with Gasteiger partial charge >= 0.3 is 0 Å². The number of nitrogens with zero attached hydrogens (tertiary/aromatic N) is 1. The van der Waals surface area contributed by atoms with Gasteiger partial charge in [0.05, 0.1) is 18.9 Å². The Labute approximate surface area is 136 Å². The minimum absolute atomic E-state index is 0.0474. The highest BCUT2D eigenvalue weighted by Crippen LogP contribution is 2.39. The first kappa shape index (κ1) is 15.4. The molecule has 1 heterocycles. The molecule has 0 aliphatic carbocycles. The molecule has 23 heavy (non-hydrogen) atoms. The van der Waals surface area contributed by atoms with Crippen LogP contribution in [0.1, 0.15) is 16.8 Å². The second kappa shape index (κ2) is 7.18. The molecule has 116 valence electrons. The first-order chi connectivity index (χ1) is 11.4. The Bertz CT molecular complexity index is 618. The third-order valence-corrected chi connectivity index (χ3v) is 3.80. The molecule has 0 fully saturated rings. The Morgan fingerprint density at radius 1 is 0.783 bits per heavy atom. The number of rotatable bonds is 6. The highest BCUT2D eigenvalue weighted by Gasteiger charge is 2.38. The largest absolute Gasteiger partial charge is 0.394 e. The van der Waals surface area contributed by atoms with Gasteiger partial charge in [0.15, 0.2) is 5.60 Å².